The fourth-order valence-corrected chi connectivity index (χ4v) is 2.96. The van der Waals surface area contributed by atoms with Crippen LogP contribution in [-0.2, 0) is 17.6 Å². The van der Waals surface area contributed by atoms with Crippen molar-refractivity contribution in [2.75, 3.05) is 0 Å². The molecule has 0 aliphatic carbocycles. The van der Waals surface area contributed by atoms with Crippen LogP contribution in [-0.4, -0.2) is 16.0 Å². The Kier molecular flexibility index (Phi) is 5.96. The zero-order chi connectivity index (χ0) is 19.2. The molecule has 1 amide bonds. The average Bonchev–Trinajstić information content (AvgIpc) is 3.06. The van der Waals surface area contributed by atoms with E-state index in [0.29, 0.717) is 24.6 Å². The third-order valence-corrected chi connectivity index (χ3v) is 4.35. The third kappa shape index (κ3) is 5.23. The van der Waals surface area contributed by atoms with Gasteiger partial charge in [-0.05, 0) is 36.6 Å². The number of carbonyl (C=O) groups is 1. The second-order valence-corrected chi connectivity index (χ2v) is 6.65. The van der Waals surface area contributed by atoms with Gasteiger partial charge in [-0.3, -0.25) is 4.79 Å². The molecule has 0 radical (unpaired) electrons. The summed E-state index contributed by atoms with van der Waals surface area (Å²) >= 11 is 0. The van der Waals surface area contributed by atoms with Gasteiger partial charge in [0.05, 0.1) is 12.5 Å². The molecule has 1 heterocycles. The minimum Gasteiger partial charge on any atom is -0.349 e. The van der Waals surface area contributed by atoms with Gasteiger partial charge in [-0.1, -0.05) is 54.5 Å². The van der Waals surface area contributed by atoms with Crippen molar-refractivity contribution >= 4 is 5.91 Å². The summed E-state index contributed by atoms with van der Waals surface area (Å²) in [6, 6.07) is 15.7. The van der Waals surface area contributed by atoms with Crippen LogP contribution in [0.3, 0.4) is 0 Å². The Balaban J connectivity index is 1.71. The second kappa shape index (κ2) is 8.58. The Morgan fingerprint density at radius 3 is 2.59 bits per heavy atom. The van der Waals surface area contributed by atoms with Crippen LogP contribution in [0.1, 0.15) is 35.8 Å². The number of hydrogen-bond donors (Lipinski definition) is 1. The van der Waals surface area contributed by atoms with Crippen LogP contribution in [0.5, 0.6) is 0 Å². The lowest BCUT2D eigenvalue weighted by atomic mass is 9.98. The molecule has 0 bridgehead atoms. The van der Waals surface area contributed by atoms with Crippen molar-refractivity contribution in [2.24, 2.45) is 5.92 Å². The summed E-state index contributed by atoms with van der Waals surface area (Å²) in [6.07, 6.45) is 0.869. The zero-order valence-electron chi connectivity index (χ0n) is 15.4. The van der Waals surface area contributed by atoms with Crippen molar-refractivity contribution < 1.29 is 13.7 Å². The molecule has 27 heavy (non-hydrogen) atoms. The average molecular weight is 367 g/mol. The van der Waals surface area contributed by atoms with Crippen LogP contribution < -0.4 is 5.32 Å². The molecule has 0 aliphatic rings. The van der Waals surface area contributed by atoms with Crippen LogP contribution in [0.15, 0.2) is 59.1 Å². The van der Waals surface area contributed by atoms with Crippen LogP contribution in [0.4, 0.5) is 4.39 Å². The molecule has 0 unspecified atom stereocenters. The van der Waals surface area contributed by atoms with Gasteiger partial charge in [0.25, 0.3) is 0 Å². The molecule has 2 aromatic carbocycles. The summed E-state index contributed by atoms with van der Waals surface area (Å²) in [7, 11) is 0. The number of aromatic nitrogens is 2. The van der Waals surface area contributed by atoms with E-state index in [1.54, 1.807) is 13.0 Å². The largest absolute Gasteiger partial charge is 0.349 e. The number of carbonyl (C=O) groups excluding carboxylic acids is 1. The molecule has 0 aliphatic heterocycles. The molecular weight excluding hydrogens is 345 g/mol. The van der Waals surface area contributed by atoms with Gasteiger partial charge < -0.3 is 9.84 Å². The summed E-state index contributed by atoms with van der Waals surface area (Å²) in [6.45, 7) is 3.59. The number of rotatable bonds is 7. The van der Waals surface area contributed by atoms with Crippen LogP contribution in [0, 0.1) is 18.7 Å². The van der Waals surface area contributed by atoms with E-state index in [0.717, 1.165) is 11.1 Å². The number of amides is 1. The highest BCUT2D eigenvalue weighted by Crippen LogP contribution is 2.19. The Hall–Kier alpha value is -3.02. The molecule has 0 saturated carbocycles. The molecule has 0 fully saturated rings. The van der Waals surface area contributed by atoms with Gasteiger partial charge in [0.15, 0.2) is 5.82 Å². The molecule has 3 rings (SSSR count). The first-order valence-electron chi connectivity index (χ1n) is 8.90. The fraction of sp³-hybridized carbons (Fsp3) is 0.286. The maximum atomic E-state index is 13.4. The van der Waals surface area contributed by atoms with Crippen molar-refractivity contribution in [3.63, 3.8) is 0 Å². The van der Waals surface area contributed by atoms with Crippen LogP contribution >= 0.6 is 0 Å². The molecule has 3 aromatic rings. The van der Waals surface area contributed by atoms with Crippen molar-refractivity contribution in [1.82, 2.24) is 15.5 Å². The predicted molar refractivity (Wildman–Crippen MR) is 99.3 cm³/mol. The number of nitrogens with one attached hydrogen (secondary N) is 1. The summed E-state index contributed by atoms with van der Waals surface area (Å²) in [5, 5.41) is 6.87. The lowest BCUT2D eigenvalue weighted by Gasteiger charge is -2.20. The molecule has 0 spiro atoms. The highest BCUT2D eigenvalue weighted by atomic mass is 19.1. The smallest absolute Gasteiger partial charge is 0.229 e. The van der Waals surface area contributed by atoms with E-state index in [1.165, 1.54) is 12.1 Å². The molecule has 5 nitrogen and oxygen atoms in total. The van der Waals surface area contributed by atoms with E-state index in [9.17, 15) is 9.18 Å². The van der Waals surface area contributed by atoms with E-state index < -0.39 is 0 Å². The Labute approximate surface area is 157 Å². The highest BCUT2D eigenvalue weighted by Gasteiger charge is 2.22. The molecule has 0 saturated heterocycles. The van der Waals surface area contributed by atoms with Gasteiger partial charge in [0.2, 0.25) is 11.8 Å². The predicted octanol–water partition coefficient (Wildman–Crippen LogP) is 3.80. The van der Waals surface area contributed by atoms with E-state index in [1.807, 2.05) is 43.3 Å². The number of halogens is 1. The van der Waals surface area contributed by atoms with Crippen molar-refractivity contribution in [3.8, 4) is 0 Å². The summed E-state index contributed by atoms with van der Waals surface area (Å²) in [5.41, 5.74) is 1.75. The van der Waals surface area contributed by atoms with Crippen molar-refractivity contribution in [2.45, 2.75) is 32.7 Å². The summed E-state index contributed by atoms with van der Waals surface area (Å²) in [4.78, 5) is 17.0. The number of aryl methyl sites for hydroxylation is 1. The minimum absolute atomic E-state index is 0.107. The van der Waals surface area contributed by atoms with Crippen molar-refractivity contribution in [3.05, 3.63) is 83.3 Å². The molecular formula is C21H22FN3O2. The molecule has 140 valence electrons. The van der Waals surface area contributed by atoms with E-state index in [4.69, 9.17) is 4.52 Å². The van der Waals surface area contributed by atoms with Crippen LogP contribution in [0.25, 0.3) is 0 Å². The van der Waals surface area contributed by atoms with Gasteiger partial charge in [0.1, 0.15) is 5.82 Å². The molecule has 2 atom stereocenters. The lowest BCUT2D eigenvalue weighted by molar-refractivity contribution is -0.125. The normalized spacial score (nSPS) is 13.1. The van der Waals surface area contributed by atoms with E-state index >= 15 is 0 Å². The van der Waals surface area contributed by atoms with Gasteiger partial charge >= 0.3 is 0 Å². The Morgan fingerprint density at radius 1 is 1.15 bits per heavy atom. The Morgan fingerprint density at radius 2 is 1.93 bits per heavy atom. The molecule has 1 N–H and O–H groups in total. The SMILES string of the molecule is Cc1noc(C[C@@H](NC(=O)[C@@H](C)Cc2cccc(F)c2)c2ccccc2)n1. The standard InChI is InChI=1S/C21H22FN3O2/c1-14(11-16-7-6-10-18(22)12-16)21(26)24-19(17-8-4-3-5-9-17)13-20-23-15(2)25-27-20/h3-10,12,14,19H,11,13H2,1-2H3,(H,24,26)/t14-,19+/m0/s1. The van der Waals surface area contributed by atoms with E-state index in [-0.39, 0.29) is 23.7 Å². The fourth-order valence-electron chi connectivity index (χ4n) is 2.96. The first-order chi connectivity index (χ1) is 13.0. The van der Waals surface area contributed by atoms with Crippen molar-refractivity contribution in [1.29, 1.82) is 0 Å². The number of benzene rings is 2. The maximum absolute atomic E-state index is 13.4. The third-order valence-electron chi connectivity index (χ3n) is 4.35. The first kappa shape index (κ1) is 18.8. The first-order valence-corrected chi connectivity index (χ1v) is 8.90. The maximum Gasteiger partial charge on any atom is 0.229 e. The van der Waals surface area contributed by atoms with Gasteiger partial charge in [0, 0.05) is 5.92 Å². The van der Waals surface area contributed by atoms with Gasteiger partial charge in [-0.25, -0.2) is 4.39 Å². The highest BCUT2D eigenvalue weighted by molar-refractivity contribution is 5.79. The number of hydrogen-bond acceptors (Lipinski definition) is 4. The minimum atomic E-state index is -0.303. The van der Waals surface area contributed by atoms with Gasteiger partial charge in [-0.2, -0.15) is 4.98 Å². The number of nitrogens with zero attached hydrogens (tertiary/aromatic N) is 2. The summed E-state index contributed by atoms with van der Waals surface area (Å²) < 4.78 is 18.6. The lowest BCUT2D eigenvalue weighted by Crippen LogP contribution is -2.34. The monoisotopic (exact) mass is 367 g/mol. The molecule has 6 heteroatoms. The van der Waals surface area contributed by atoms with Gasteiger partial charge in [-0.15, -0.1) is 0 Å². The second-order valence-electron chi connectivity index (χ2n) is 6.65. The molecule has 1 aromatic heterocycles. The van der Waals surface area contributed by atoms with Crippen LogP contribution in [0.2, 0.25) is 0 Å². The van der Waals surface area contributed by atoms with E-state index in [2.05, 4.69) is 15.5 Å². The zero-order valence-corrected chi connectivity index (χ0v) is 15.4. The quantitative estimate of drug-likeness (QED) is 0.690. The summed E-state index contributed by atoms with van der Waals surface area (Å²) in [5.74, 6) is 0.322. The Bertz CT molecular complexity index is 895. The topological polar surface area (TPSA) is 68.0 Å².